The first-order valence-electron chi connectivity index (χ1n) is 9.53. The van der Waals surface area contributed by atoms with Crippen molar-refractivity contribution in [2.75, 3.05) is 0 Å². The molecule has 1 aromatic carbocycles. The molecule has 2 aromatic rings. The van der Waals surface area contributed by atoms with Gasteiger partial charge < -0.3 is 5.32 Å². The van der Waals surface area contributed by atoms with Gasteiger partial charge in [-0.3, -0.25) is 9.59 Å². The third kappa shape index (κ3) is 4.66. The fourth-order valence-corrected chi connectivity index (χ4v) is 3.09. The van der Waals surface area contributed by atoms with Gasteiger partial charge in [0.15, 0.2) is 0 Å². The summed E-state index contributed by atoms with van der Waals surface area (Å²) in [7, 11) is 0. The van der Waals surface area contributed by atoms with Gasteiger partial charge in [0.05, 0.1) is 11.7 Å². The second kappa shape index (κ2) is 8.83. The number of aromatic nitrogens is 2. The summed E-state index contributed by atoms with van der Waals surface area (Å²) in [5.41, 5.74) is 2.87. The number of carbonyl (C=O) groups excluding carboxylic acids is 1. The number of rotatable bonds is 6. The standard InChI is InChI=1S/C22H28N4O2/c1-13(2)17-7-9-18(10-8-17)21(14(3)4)24-20(27)12-26-22(28)19(11-23)15(5)16(6)25-26/h7-10,13-14,21H,12H2,1-6H3,(H,24,27)/t21-/m1/s1. The Morgan fingerprint density at radius 1 is 1.14 bits per heavy atom. The van der Waals surface area contributed by atoms with E-state index in [0.717, 1.165) is 10.2 Å². The van der Waals surface area contributed by atoms with E-state index in [0.29, 0.717) is 17.2 Å². The van der Waals surface area contributed by atoms with Crippen LogP contribution < -0.4 is 10.9 Å². The molecular weight excluding hydrogens is 352 g/mol. The van der Waals surface area contributed by atoms with Gasteiger partial charge in [-0.25, -0.2) is 4.68 Å². The van der Waals surface area contributed by atoms with Gasteiger partial charge in [-0.15, -0.1) is 0 Å². The van der Waals surface area contributed by atoms with Crippen LogP contribution in [0.4, 0.5) is 0 Å². The predicted molar refractivity (Wildman–Crippen MR) is 109 cm³/mol. The number of benzene rings is 1. The summed E-state index contributed by atoms with van der Waals surface area (Å²) < 4.78 is 1.06. The molecule has 0 aliphatic heterocycles. The number of aryl methyl sites for hydroxylation is 1. The molecule has 28 heavy (non-hydrogen) atoms. The van der Waals surface area contributed by atoms with Gasteiger partial charge in [-0.05, 0) is 42.4 Å². The number of hydrogen-bond acceptors (Lipinski definition) is 4. The highest BCUT2D eigenvalue weighted by atomic mass is 16.2. The van der Waals surface area contributed by atoms with Crippen molar-refractivity contribution in [2.45, 2.75) is 60.0 Å². The van der Waals surface area contributed by atoms with E-state index in [2.05, 4.69) is 36.4 Å². The Morgan fingerprint density at radius 3 is 2.21 bits per heavy atom. The van der Waals surface area contributed by atoms with E-state index < -0.39 is 5.56 Å². The van der Waals surface area contributed by atoms with Crippen LogP contribution >= 0.6 is 0 Å². The van der Waals surface area contributed by atoms with E-state index in [1.165, 1.54) is 5.56 Å². The van der Waals surface area contributed by atoms with E-state index in [4.69, 9.17) is 0 Å². The highest BCUT2D eigenvalue weighted by molar-refractivity contribution is 5.76. The number of nitrogens with zero attached hydrogens (tertiary/aromatic N) is 3. The highest BCUT2D eigenvalue weighted by Crippen LogP contribution is 2.24. The second-order valence-electron chi connectivity index (χ2n) is 7.77. The molecule has 0 aliphatic rings. The molecule has 1 aromatic heterocycles. The molecule has 0 bridgehead atoms. The lowest BCUT2D eigenvalue weighted by atomic mass is 9.93. The third-order valence-corrected chi connectivity index (χ3v) is 4.99. The Labute approximate surface area is 166 Å². The van der Waals surface area contributed by atoms with Crippen LogP contribution in [-0.2, 0) is 11.3 Å². The maximum atomic E-state index is 12.6. The van der Waals surface area contributed by atoms with Gasteiger partial charge in [0, 0.05) is 0 Å². The average Bonchev–Trinajstić information content (AvgIpc) is 2.64. The Morgan fingerprint density at radius 2 is 1.71 bits per heavy atom. The Bertz CT molecular complexity index is 950. The molecule has 0 spiro atoms. The summed E-state index contributed by atoms with van der Waals surface area (Å²) in [5.74, 6) is 0.305. The molecule has 0 unspecified atom stereocenters. The van der Waals surface area contributed by atoms with Crippen LogP contribution in [0.1, 0.15) is 67.6 Å². The zero-order valence-corrected chi connectivity index (χ0v) is 17.4. The van der Waals surface area contributed by atoms with Gasteiger partial charge in [-0.2, -0.15) is 10.4 Å². The largest absolute Gasteiger partial charge is 0.347 e. The smallest absolute Gasteiger partial charge is 0.285 e. The summed E-state index contributed by atoms with van der Waals surface area (Å²) in [5, 5.41) is 16.4. The van der Waals surface area contributed by atoms with Crippen molar-refractivity contribution in [1.29, 1.82) is 5.26 Å². The van der Waals surface area contributed by atoms with Crippen LogP contribution in [0.3, 0.4) is 0 Å². The first-order chi connectivity index (χ1) is 13.1. The number of amides is 1. The molecule has 0 fully saturated rings. The monoisotopic (exact) mass is 380 g/mol. The zero-order valence-electron chi connectivity index (χ0n) is 17.4. The average molecular weight is 380 g/mol. The normalized spacial score (nSPS) is 12.1. The SMILES string of the molecule is Cc1nn(CC(=O)N[C@@H](c2ccc(C(C)C)cc2)C(C)C)c(=O)c(C#N)c1C. The van der Waals surface area contributed by atoms with Crippen molar-refractivity contribution in [3.8, 4) is 6.07 Å². The molecule has 1 heterocycles. The summed E-state index contributed by atoms with van der Waals surface area (Å²) in [6, 6.07) is 9.97. The first-order valence-corrected chi connectivity index (χ1v) is 9.53. The molecule has 0 aliphatic carbocycles. The number of nitriles is 1. The summed E-state index contributed by atoms with van der Waals surface area (Å²) >= 11 is 0. The van der Waals surface area contributed by atoms with Crippen LogP contribution in [-0.4, -0.2) is 15.7 Å². The Kier molecular flexibility index (Phi) is 6.74. The molecule has 2 rings (SSSR count). The van der Waals surface area contributed by atoms with Crippen LogP contribution in [0.15, 0.2) is 29.1 Å². The fraction of sp³-hybridized carbons (Fsp3) is 0.455. The minimum Gasteiger partial charge on any atom is -0.347 e. The minimum atomic E-state index is -0.539. The van der Waals surface area contributed by atoms with Crippen molar-refractivity contribution < 1.29 is 4.79 Å². The van der Waals surface area contributed by atoms with Crippen molar-refractivity contribution in [1.82, 2.24) is 15.1 Å². The van der Waals surface area contributed by atoms with E-state index in [-0.39, 0.29) is 30.0 Å². The molecule has 0 saturated heterocycles. The van der Waals surface area contributed by atoms with Crippen LogP contribution in [0, 0.1) is 31.1 Å². The van der Waals surface area contributed by atoms with E-state index >= 15 is 0 Å². The van der Waals surface area contributed by atoms with Crippen LogP contribution in [0.25, 0.3) is 0 Å². The maximum Gasteiger partial charge on any atom is 0.285 e. The van der Waals surface area contributed by atoms with E-state index in [1.54, 1.807) is 13.8 Å². The summed E-state index contributed by atoms with van der Waals surface area (Å²) in [4.78, 5) is 25.0. The molecule has 1 amide bonds. The lowest BCUT2D eigenvalue weighted by Gasteiger charge is -2.23. The van der Waals surface area contributed by atoms with Crippen LogP contribution in [0.5, 0.6) is 0 Å². The molecule has 6 nitrogen and oxygen atoms in total. The molecule has 0 radical (unpaired) electrons. The van der Waals surface area contributed by atoms with Gasteiger partial charge in [0.2, 0.25) is 5.91 Å². The van der Waals surface area contributed by atoms with E-state index in [1.807, 2.05) is 32.0 Å². The lowest BCUT2D eigenvalue weighted by molar-refractivity contribution is -0.123. The molecule has 1 atom stereocenters. The van der Waals surface area contributed by atoms with Gasteiger partial charge in [-0.1, -0.05) is 52.0 Å². The number of nitrogens with one attached hydrogen (secondary N) is 1. The fourth-order valence-electron chi connectivity index (χ4n) is 3.09. The zero-order chi connectivity index (χ0) is 21.0. The number of carbonyl (C=O) groups is 1. The summed E-state index contributed by atoms with van der Waals surface area (Å²) in [6.45, 7) is 11.5. The topological polar surface area (TPSA) is 87.8 Å². The predicted octanol–water partition coefficient (Wildman–Crippen LogP) is 3.37. The minimum absolute atomic E-state index is 0.0324. The molecule has 1 N–H and O–H groups in total. The second-order valence-corrected chi connectivity index (χ2v) is 7.77. The lowest BCUT2D eigenvalue weighted by Crippen LogP contribution is -2.38. The van der Waals surface area contributed by atoms with Gasteiger partial charge >= 0.3 is 0 Å². The molecule has 148 valence electrons. The van der Waals surface area contributed by atoms with Gasteiger partial charge in [0.25, 0.3) is 5.56 Å². The highest BCUT2D eigenvalue weighted by Gasteiger charge is 2.20. The van der Waals surface area contributed by atoms with Crippen LogP contribution in [0.2, 0.25) is 0 Å². The third-order valence-electron chi connectivity index (χ3n) is 4.99. The molecule has 6 heteroatoms. The van der Waals surface area contributed by atoms with Crippen molar-refractivity contribution in [3.05, 3.63) is 62.6 Å². The Hall–Kier alpha value is -2.94. The first kappa shape index (κ1) is 21.4. The Balaban J connectivity index is 2.23. The van der Waals surface area contributed by atoms with Crippen molar-refractivity contribution in [2.24, 2.45) is 5.92 Å². The van der Waals surface area contributed by atoms with Crippen molar-refractivity contribution >= 4 is 5.91 Å². The molecule has 0 saturated carbocycles. The molecular formula is C22H28N4O2. The number of hydrogen-bond donors (Lipinski definition) is 1. The van der Waals surface area contributed by atoms with Crippen molar-refractivity contribution in [3.63, 3.8) is 0 Å². The summed E-state index contributed by atoms with van der Waals surface area (Å²) in [6.07, 6.45) is 0. The van der Waals surface area contributed by atoms with E-state index in [9.17, 15) is 14.9 Å². The van der Waals surface area contributed by atoms with Gasteiger partial charge in [0.1, 0.15) is 18.2 Å². The quantitative estimate of drug-likeness (QED) is 0.832. The maximum absolute atomic E-state index is 12.6.